The molecule has 0 saturated carbocycles. The number of nitrogen functional groups attached to an aromatic ring is 1. The summed E-state index contributed by atoms with van der Waals surface area (Å²) in [5.74, 6) is 0.567. The number of ether oxygens (including phenoxy) is 1. The second kappa shape index (κ2) is 5.44. The molecule has 0 aromatic carbocycles. The standard InChI is InChI=1S/C13H19N5O2/c1-4-13(5-2,12(19)20-6-3)11-17-8-9(14)15-7-16-10(8)18-11/h7H,4-6H2,1-3H3,(H3,14,15,16,17,18). The fourth-order valence-electron chi connectivity index (χ4n) is 2.31. The van der Waals surface area contributed by atoms with Crippen molar-refractivity contribution in [2.75, 3.05) is 12.3 Å². The van der Waals surface area contributed by atoms with Crippen LogP contribution in [0, 0.1) is 0 Å². The van der Waals surface area contributed by atoms with Gasteiger partial charge >= 0.3 is 5.97 Å². The van der Waals surface area contributed by atoms with E-state index in [1.54, 1.807) is 6.92 Å². The Hall–Kier alpha value is -2.18. The number of carbonyl (C=O) groups excluding carboxylic acids is 1. The van der Waals surface area contributed by atoms with E-state index in [-0.39, 0.29) is 5.97 Å². The van der Waals surface area contributed by atoms with Gasteiger partial charge in [0.25, 0.3) is 0 Å². The molecule has 108 valence electrons. The minimum atomic E-state index is -0.802. The number of hydrogen-bond donors (Lipinski definition) is 2. The van der Waals surface area contributed by atoms with E-state index in [9.17, 15) is 4.79 Å². The van der Waals surface area contributed by atoms with Gasteiger partial charge in [-0.15, -0.1) is 0 Å². The number of carbonyl (C=O) groups is 1. The van der Waals surface area contributed by atoms with Gasteiger partial charge in [0.15, 0.2) is 11.5 Å². The first-order valence-electron chi connectivity index (χ1n) is 6.72. The summed E-state index contributed by atoms with van der Waals surface area (Å²) in [4.78, 5) is 27.8. The van der Waals surface area contributed by atoms with E-state index in [4.69, 9.17) is 10.5 Å². The number of nitrogens with zero attached hydrogens (tertiary/aromatic N) is 3. The lowest BCUT2D eigenvalue weighted by atomic mass is 9.81. The average Bonchev–Trinajstić information content (AvgIpc) is 2.87. The van der Waals surface area contributed by atoms with E-state index in [2.05, 4.69) is 19.9 Å². The van der Waals surface area contributed by atoms with Crippen LogP contribution in [0.15, 0.2) is 6.33 Å². The minimum absolute atomic E-state index is 0.282. The number of hydrogen-bond acceptors (Lipinski definition) is 6. The fourth-order valence-corrected chi connectivity index (χ4v) is 2.31. The van der Waals surface area contributed by atoms with Crippen molar-refractivity contribution in [2.45, 2.75) is 39.0 Å². The molecule has 0 bridgehead atoms. The van der Waals surface area contributed by atoms with Crippen LogP contribution in [-0.2, 0) is 14.9 Å². The molecule has 3 N–H and O–H groups in total. The number of aromatic nitrogens is 4. The third kappa shape index (κ3) is 2.09. The van der Waals surface area contributed by atoms with Gasteiger partial charge in [-0.25, -0.2) is 15.0 Å². The van der Waals surface area contributed by atoms with Gasteiger partial charge in [-0.3, -0.25) is 4.79 Å². The Balaban J connectivity index is 2.57. The molecular weight excluding hydrogens is 258 g/mol. The Labute approximate surface area is 117 Å². The number of esters is 1. The average molecular weight is 277 g/mol. The lowest BCUT2D eigenvalue weighted by Crippen LogP contribution is -2.37. The van der Waals surface area contributed by atoms with Crippen molar-refractivity contribution >= 4 is 23.0 Å². The van der Waals surface area contributed by atoms with Crippen molar-refractivity contribution in [1.29, 1.82) is 0 Å². The van der Waals surface area contributed by atoms with Crippen LogP contribution in [0.4, 0.5) is 5.82 Å². The lowest BCUT2D eigenvalue weighted by molar-refractivity contribution is -0.150. The molecule has 0 unspecified atom stereocenters. The van der Waals surface area contributed by atoms with Crippen molar-refractivity contribution in [3.05, 3.63) is 12.2 Å². The predicted molar refractivity (Wildman–Crippen MR) is 75.0 cm³/mol. The first-order chi connectivity index (χ1) is 9.58. The number of imidazole rings is 1. The third-order valence-electron chi connectivity index (χ3n) is 3.64. The Morgan fingerprint density at radius 2 is 2.05 bits per heavy atom. The molecular formula is C13H19N5O2. The van der Waals surface area contributed by atoms with Crippen molar-refractivity contribution in [3.8, 4) is 0 Å². The quantitative estimate of drug-likeness (QED) is 0.803. The highest BCUT2D eigenvalue weighted by Gasteiger charge is 2.41. The van der Waals surface area contributed by atoms with E-state index >= 15 is 0 Å². The lowest BCUT2D eigenvalue weighted by Gasteiger charge is -2.26. The molecule has 2 aromatic heterocycles. The number of rotatable bonds is 5. The summed E-state index contributed by atoms with van der Waals surface area (Å²) in [5.41, 5.74) is 6.00. The van der Waals surface area contributed by atoms with E-state index in [0.29, 0.717) is 42.3 Å². The van der Waals surface area contributed by atoms with Crippen molar-refractivity contribution < 1.29 is 9.53 Å². The Kier molecular flexibility index (Phi) is 3.87. The molecule has 2 heterocycles. The van der Waals surface area contributed by atoms with Crippen LogP contribution in [-0.4, -0.2) is 32.5 Å². The second-order valence-corrected chi connectivity index (χ2v) is 4.55. The topological polar surface area (TPSA) is 107 Å². The first kappa shape index (κ1) is 14.2. The van der Waals surface area contributed by atoms with Gasteiger partial charge in [0.05, 0.1) is 6.61 Å². The van der Waals surface area contributed by atoms with Crippen LogP contribution >= 0.6 is 0 Å². The smallest absolute Gasteiger partial charge is 0.319 e. The van der Waals surface area contributed by atoms with Crippen LogP contribution in [0.25, 0.3) is 11.2 Å². The molecule has 2 rings (SSSR count). The van der Waals surface area contributed by atoms with Gasteiger partial charge in [-0.05, 0) is 19.8 Å². The molecule has 0 atom stereocenters. The maximum absolute atomic E-state index is 12.3. The molecule has 0 aliphatic carbocycles. The van der Waals surface area contributed by atoms with Crippen LogP contribution in [0.5, 0.6) is 0 Å². The molecule has 7 nitrogen and oxygen atoms in total. The largest absolute Gasteiger partial charge is 0.465 e. The van der Waals surface area contributed by atoms with Crippen LogP contribution < -0.4 is 5.73 Å². The summed E-state index contributed by atoms with van der Waals surface area (Å²) < 4.78 is 5.20. The molecule has 0 saturated heterocycles. The minimum Gasteiger partial charge on any atom is -0.465 e. The maximum atomic E-state index is 12.3. The zero-order valence-electron chi connectivity index (χ0n) is 11.9. The second-order valence-electron chi connectivity index (χ2n) is 4.55. The van der Waals surface area contributed by atoms with Crippen LogP contribution in [0.1, 0.15) is 39.4 Å². The molecule has 0 radical (unpaired) electrons. The summed E-state index contributed by atoms with van der Waals surface area (Å²) in [6.07, 6.45) is 2.51. The van der Waals surface area contributed by atoms with Crippen LogP contribution in [0.3, 0.4) is 0 Å². The summed E-state index contributed by atoms with van der Waals surface area (Å²) in [6, 6.07) is 0. The molecule has 20 heavy (non-hydrogen) atoms. The molecule has 7 heteroatoms. The molecule has 0 spiro atoms. The van der Waals surface area contributed by atoms with Gasteiger partial charge in [0.1, 0.15) is 23.1 Å². The highest BCUT2D eigenvalue weighted by Crippen LogP contribution is 2.32. The zero-order chi connectivity index (χ0) is 14.8. The number of fused-ring (bicyclic) bond motifs is 1. The molecule has 0 aliphatic rings. The summed E-state index contributed by atoms with van der Waals surface area (Å²) in [6.45, 7) is 5.99. The highest BCUT2D eigenvalue weighted by atomic mass is 16.5. The van der Waals surface area contributed by atoms with Crippen molar-refractivity contribution in [3.63, 3.8) is 0 Å². The Morgan fingerprint density at radius 3 is 2.60 bits per heavy atom. The van der Waals surface area contributed by atoms with Gasteiger partial charge in [-0.1, -0.05) is 13.8 Å². The van der Waals surface area contributed by atoms with Gasteiger partial charge < -0.3 is 15.5 Å². The fraction of sp³-hybridized carbons (Fsp3) is 0.538. The predicted octanol–water partition coefficient (Wildman–Crippen LogP) is 1.56. The maximum Gasteiger partial charge on any atom is 0.319 e. The number of anilines is 1. The normalized spacial score (nSPS) is 11.8. The summed E-state index contributed by atoms with van der Waals surface area (Å²) in [5, 5.41) is 0. The van der Waals surface area contributed by atoms with E-state index in [1.165, 1.54) is 6.33 Å². The third-order valence-corrected chi connectivity index (χ3v) is 3.64. The Morgan fingerprint density at radius 1 is 1.35 bits per heavy atom. The highest BCUT2D eigenvalue weighted by molar-refractivity contribution is 5.86. The summed E-state index contributed by atoms with van der Waals surface area (Å²) in [7, 11) is 0. The Bertz CT molecular complexity index is 618. The zero-order valence-corrected chi connectivity index (χ0v) is 11.9. The number of aromatic amines is 1. The SMILES string of the molecule is CCOC(=O)C(CC)(CC)c1nc2ncnc(N)c2[nH]1. The molecule has 2 aromatic rings. The van der Waals surface area contributed by atoms with Crippen LogP contribution in [0.2, 0.25) is 0 Å². The monoisotopic (exact) mass is 277 g/mol. The van der Waals surface area contributed by atoms with E-state index < -0.39 is 5.41 Å². The molecule has 0 aliphatic heterocycles. The van der Waals surface area contributed by atoms with E-state index in [0.717, 1.165) is 0 Å². The van der Waals surface area contributed by atoms with Gasteiger partial charge in [-0.2, -0.15) is 0 Å². The van der Waals surface area contributed by atoms with Crippen molar-refractivity contribution in [2.24, 2.45) is 0 Å². The number of nitrogens with two attached hydrogens (primary N) is 1. The first-order valence-corrected chi connectivity index (χ1v) is 6.72. The van der Waals surface area contributed by atoms with E-state index in [1.807, 2.05) is 13.8 Å². The molecule has 0 fully saturated rings. The molecule has 0 amide bonds. The van der Waals surface area contributed by atoms with Gasteiger partial charge in [0, 0.05) is 0 Å². The summed E-state index contributed by atoms with van der Waals surface area (Å²) >= 11 is 0. The number of H-pyrrole nitrogens is 1. The van der Waals surface area contributed by atoms with Crippen molar-refractivity contribution in [1.82, 2.24) is 19.9 Å². The van der Waals surface area contributed by atoms with Gasteiger partial charge in [0.2, 0.25) is 0 Å². The number of nitrogens with one attached hydrogen (secondary N) is 1.